The third kappa shape index (κ3) is 2.80. The van der Waals surface area contributed by atoms with E-state index in [1.165, 1.54) is 10.6 Å². The minimum atomic E-state index is -1.19. The standard InChI is InChI=1S/C11H13NO3/c1-8(2)5-7-12-6-3-4-9(10(12)13)11(14)15/h3-4,6H,1,5,7H2,2H3,(H,14,15). The van der Waals surface area contributed by atoms with E-state index in [0.29, 0.717) is 13.0 Å². The largest absolute Gasteiger partial charge is 0.477 e. The summed E-state index contributed by atoms with van der Waals surface area (Å²) in [4.78, 5) is 22.3. The van der Waals surface area contributed by atoms with Crippen molar-refractivity contribution >= 4 is 5.97 Å². The van der Waals surface area contributed by atoms with Crippen LogP contribution in [0.3, 0.4) is 0 Å². The number of aromatic nitrogens is 1. The highest BCUT2D eigenvalue weighted by Crippen LogP contribution is 1.99. The lowest BCUT2D eigenvalue weighted by molar-refractivity contribution is 0.0694. The van der Waals surface area contributed by atoms with E-state index in [1.807, 2.05) is 6.92 Å². The number of carbonyl (C=O) groups is 1. The Morgan fingerprint density at radius 3 is 2.80 bits per heavy atom. The van der Waals surface area contributed by atoms with Gasteiger partial charge in [0, 0.05) is 12.7 Å². The number of aryl methyl sites for hydroxylation is 1. The topological polar surface area (TPSA) is 59.3 Å². The average molecular weight is 207 g/mol. The van der Waals surface area contributed by atoms with E-state index in [1.54, 1.807) is 12.3 Å². The molecule has 80 valence electrons. The van der Waals surface area contributed by atoms with Crippen LogP contribution in [0.4, 0.5) is 0 Å². The van der Waals surface area contributed by atoms with Gasteiger partial charge in [0.25, 0.3) is 5.56 Å². The van der Waals surface area contributed by atoms with Crippen LogP contribution >= 0.6 is 0 Å². The van der Waals surface area contributed by atoms with Crippen molar-refractivity contribution in [2.45, 2.75) is 19.9 Å². The van der Waals surface area contributed by atoms with Crippen LogP contribution < -0.4 is 5.56 Å². The summed E-state index contributed by atoms with van der Waals surface area (Å²) in [5.41, 5.74) is 0.299. The Kier molecular flexibility index (Phi) is 3.44. The Morgan fingerprint density at radius 2 is 2.27 bits per heavy atom. The van der Waals surface area contributed by atoms with Gasteiger partial charge in [-0.1, -0.05) is 5.57 Å². The predicted molar refractivity (Wildman–Crippen MR) is 57.1 cm³/mol. The molecule has 1 rings (SSSR count). The smallest absolute Gasteiger partial charge is 0.341 e. The molecule has 0 aliphatic carbocycles. The maximum absolute atomic E-state index is 11.6. The molecule has 0 spiro atoms. The van der Waals surface area contributed by atoms with Crippen molar-refractivity contribution in [2.75, 3.05) is 0 Å². The molecule has 0 saturated heterocycles. The maximum atomic E-state index is 11.6. The molecular weight excluding hydrogens is 194 g/mol. The summed E-state index contributed by atoms with van der Waals surface area (Å²) >= 11 is 0. The molecule has 4 heteroatoms. The first kappa shape index (κ1) is 11.2. The van der Waals surface area contributed by atoms with E-state index in [0.717, 1.165) is 5.57 Å². The molecule has 0 saturated carbocycles. The quantitative estimate of drug-likeness (QED) is 0.761. The lowest BCUT2D eigenvalue weighted by Gasteiger charge is -2.05. The molecule has 0 aromatic carbocycles. The van der Waals surface area contributed by atoms with Crippen LogP contribution in [0.25, 0.3) is 0 Å². The molecule has 0 fully saturated rings. The Bertz CT molecular complexity index is 445. The van der Waals surface area contributed by atoms with Crippen LogP contribution in [0, 0.1) is 0 Å². The number of allylic oxidation sites excluding steroid dienone is 1. The van der Waals surface area contributed by atoms with E-state index in [2.05, 4.69) is 6.58 Å². The van der Waals surface area contributed by atoms with Gasteiger partial charge >= 0.3 is 5.97 Å². The van der Waals surface area contributed by atoms with E-state index < -0.39 is 11.5 Å². The van der Waals surface area contributed by atoms with Gasteiger partial charge in [-0.15, -0.1) is 6.58 Å². The molecule has 0 unspecified atom stereocenters. The molecule has 0 amide bonds. The van der Waals surface area contributed by atoms with Gasteiger partial charge in [0.05, 0.1) is 0 Å². The summed E-state index contributed by atoms with van der Waals surface area (Å²) in [5.74, 6) is -1.19. The van der Waals surface area contributed by atoms with Crippen LogP contribution in [0.5, 0.6) is 0 Å². The minimum Gasteiger partial charge on any atom is -0.477 e. The number of carboxylic acid groups (broad SMARTS) is 1. The van der Waals surface area contributed by atoms with Crippen molar-refractivity contribution in [3.63, 3.8) is 0 Å². The zero-order chi connectivity index (χ0) is 11.4. The zero-order valence-electron chi connectivity index (χ0n) is 8.56. The second-order valence-electron chi connectivity index (χ2n) is 3.43. The van der Waals surface area contributed by atoms with Crippen molar-refractivity contribution in [3.05, 3.63) is 46.4 Å². The third-order valence-electron chi connectivity index (χ3n) is 2.03. The maximum Gasteiger partial charge on any atom is 0.341 e. The molecular formula is C11H13NO3. The number of aromatic carboxylic acids is 1. The van der Waals surface area contributed by atoms with Crippen LogP contribution in [0.1, 0.15) is 23.7 Å². The van der Waals surface area contributed by atoms with Gasteiger partial charge in [0.2, 0.25) is 0 Å². The molecule has 0 bridgehead atoms. The number of pyridine rings is 1. The second-order valence-corrected chi connectivity index (χ2v) is 3.43. The van der Waals surface area contributed by atoms with Gasteiger partial charge in [-0.05, 0) is 25.5 Å². The lowest BCUT2D eigenvalue weighted by Crippen LogP contribution is -2.25. The first-order valence-corrected chi connectivity index (χ1v) is 4.59. The third-order valence-corrected chi connectivity index (χ3v) is 2.03. The summed E-state index contributed by atoms with van der Waals surface area (Å²) in [5, 5.41) is 8.74. The normalized spacial score (nSPS) is 9.93. The molecule has 4 nitrogen and oxygen atoms in total. The number of carboxylic acids is 1. The molecule has 0 aliphatic rings. The molecule has 0 radical (unpaired) electrons. The van der Waals surface area contributed by atoms with Crippen LogP contribution in [-0.2, 0) is 6.54 Å². The van der Waals surface area contributed by atoms with E-state index in [4.69, 9.17) is 5.11 Å². The Balaban J connectivity index is 3.00. The number of hydrogen-bond acceptors (Lipinski definition) is 2. The number of hydrogen-bond donors (Lipinski definition) is 1. The number of rotatable bonds is 4. The fraction of sp³-hybridized carbons (Fsp3) is 0.273. The van der Waals surface area contributed by atoms with Crippen molar-refractivity contribution in [1.29, 1.82) is 0 Å². The van der Waals surface area contributed by atoms with Crippen molar-refractivity contribution in [3.8, 4) is 0 Å². The van der Waals surface area contributed by atoms with E-state index in [-0.39, 0.29) is 5.56 Å². The molecule has 0 aliphatic heterocycles. The Morgan fingerprint density at radius 1 is 1.60 bits per heavy atom. The van der Waals surface area contributed by atoms with Crippen LogP contribution in [0.2, 0.25) is 0 Å². The summed E-state index contributed by atoms with van der Waals surface area (Å²) in [7, 11) is 0. The van der Waals surface area contributed by atoms with E-state index in [9.17, 15) is 9.59 Å². The average Bonchev–Trinajstić information content (AvgIpc) is 2.15. The highest BCUT2D eigenvalue weighted by molar-refractivity contribution is 5.86. The van der Waals surface area contributed by atoms with Crippen molar-refractivity contribution < 1.29 is 9.90 Å². The van der Waals surface area contributed by atoms with Crippen LogP contribution in [0.15, 0.2) is 35.3 Å². The summed E-state index contributed by atoms with van der Waals surface area (Å²) in [6, 6.07) is 2.87. The fourth-order valence-corrected chi connectivity index (χ4v) is 1.19. The molecule has 1 N–H and O–H groups in total. The predicted octanol–water partition coefficient (Wildman–Crippen LogP) is 1.51. The first-order valence-electron chi connectivity index (χ1n) is 4.59. The van der Waals surface area contributed by atoms with Crippen molar-refractivity contribution in [1.82, 2.24) is 4.57 Å². The molecule has 1 aromatic heterocycles. The van der Waals surface area contributed by atoms with Gasteiger partial charge in [-0.3, -0.25) is 4.79 Å². The SMILES string of the molecule is C=C(C)CCn1cccc(C(=O)O)c1=O. The van der Waals surface area contributed by atoms with Gasteiger partial charge in [-0.25, -0.2) is 4.79 Å². The highest BCUT2D eigenvalue weighted by Gasteiger charge is 2.09. The van der Waals surface area contributed by atoms with Gasteiger partial charge in [0.15, 0.2) is 0 Å². The molecule has 15 heavy (non-hydrogen) atoms. The highest BCUT2D eigenvalue weighted by atomic mass is 16.4. The van der Waals surface area contributed by atoms with Gasteiger partial charge in [0.1, 0.15) is 5.56 Å². The Labute approximate surface area is 87.5 Å². The summed E-state index contributed by atoms with van der Waals surface area (Å²) in [6.07, 6.45) is 2.25. The molecule has 1 heterocycles. The summed E-state index contributed by atoms with van der Waals surface area (Å²) in [6.45, 7) is 6.06. The minimum absolute atomic E-state index is 0.195. The second kappa shape index (κ2) is 4.59. The monoisotopic (exact) mass is 207 g/mol. The zero-order valence-corrected chi connectivity index (χ0v) is 8.56. The van der Waals surface area contributed by atoms with Gasteiger partial charge < -0.3 is 9.67 Å². The number of nitrogens with zero attached hydrogens (tertiary/aromatic N) is 1. The van der Waals surface area contributed by atoms with Gasteiger partial charge in [-0.2, -0.15) is 0 Å². The first-order chi connectivity index (χ1) is 7.02. The fourth-order valence-electron chi connectivity index (χ4n) is 1.19. The van der Waals surface area contributed by atoms with Crippen molar-refractivity contribution in [2.24, 2.45) is 0 Å². The lowest BCUT2D eigenvalue weighted by atomic mass is 10.2. The Hall–Kier alpha value is -1.84. The van der Waals surface area contributed by atoms with Crippen LogP contribution in [-0.4, -0.2) is 15.6 Å². The summed E-state index contributed by atoms with van der Waals surface area (Å²) < 4.78 is 1.39. The molecule has 1 aromatic rings. The van der Waals surface area contributed by atoms with E-state index >= 15 is 0 Å². The molecule has 0 atom stereocenters.